The van der Waals surface area contributed by atoms with E-state index < -0.39 is 0 Å². The summed E-state index contributed by atoms with van der Waals surface area (Å²) in [6.45, 7) is 20.6. The summed E-state index contributed by atoms with van der Waals surface area (Å²) in [7, 11) is 0. The molecule has 2 heteroatoms. The third kappa shape index (κ3) is 9.60. The van der Waals surface area contributed by atoms with Crippen molar-refractivity contribution in [2.45, 2.75) is 99.8 Å². The zero-order chi connectivity index (χ0) is 28.7. The normalized spacial score (nSPS) is 11.1. The second-order valence-corrected chi connectivity index (χ2v) is 10.1. The molecule has 0 fully saturated rings. The summed E-state index contributed by atoms with van der Waals surface area (Å²) in [5, 5.41) is 11.8. The molecule has 1 atom stereocenters. The molecule has 0 aliphatic rings. The number of hydrogen-bond acceptors (Lipinski definition) is 2. The predicted octanol–water partition coefficient (Wildman–Crippen LogP) is 10.9. The first kappa shape index (κ1) is 32.8. The zero-order valence-corrected chi connectivity index (χ0v) is 25.2. The fourth-order valence-corrected chi connectivity index (χ4v) is 4.45. The second-order valence-electron chi connectivity index (χ2n) is 10.1. The first-order chi connectivity index (χ1) is 18.2. The SMILES string of the molecule is C=C(c1ccc(C#N)c(C(C)=O)c1)C(C)CC.CC.CCCCCCc1cc(C(C)C)c2ccccc2c1. The minimum atomic E-state index is -0.0830. The fourth-order valence-electron chi connectivity index (χ4n) is 4.45. The van der Waals surface area contributed by atoms with Gasteiger partial charge in [0.25, 0.3) is 0 Å². The third-order valence-electron chi connectivity index (χ3n) is 6.99. The molecule has 0 bridgehead atoms. The monoisotopic (exact) mass is 511 g/mol. The smallest absolute Gasteiger partial charge is 0.161 e. The molecule has 0 saturated carbocycles. The van der Waals surface area contributed by atoms with Crippen LogP contribution in [0, 0.1) is 17.2 Å². The molecule has 3 aromatic carbocycles. The van der Waals surface area contributed by atoms with E-state index in [1.807, 2.05) is 26.0 Å². The maximum absolute atomic E-state index is 11.5. The van der Waals surface area contributed by atoms with Gasteiger partial charge in [0, 0.05) is 5.56 Å². The maximum atomic E-state index is 11.5. The molecule has 204 valence electrons. The highest BCUT2D eigenvalue weighted by Crippen LogP contribution is 2.28. The van der Waals surface area contributed by atoms with E-state index in [9.17, 15) is 4.79 Å². The van der Waals surface area contributed by atoms with Gasteiger partial charge in [-0.25, -0.2) is 0 Å². The van der Waals surface area contributed by atoms with E-state index in [2.05, 4.69) is 77.6 Å². The van der Waals surface area contributed by atoms with E-state index in [1.165, 1.54) is 60.9 Å². The van der Waals surface area contributed by atoms with Crippen LogP contribution in [0.15, 0.2) is 61.2 Å². The van der Waals surface area contributed by atoms with Crippen molar-refractivity contribution in [1.82, 2.24) is 0 Å². The van der Waals surface area contributed by atoms with Crippen LogP contribution in [0.25, 0.3) is 16.3 Å². The van der Waals surface area contributed by atoms with Crippen molar-refractivity contribution in [2.75, 3.05) is 0 Å². The second kappa shape index (κ2) is 17.4. The number of ketones is 1. The lowest BCUT2D eigenvalue weighted by atomic mass is 9.91. The molecule has 1 unspecified atom stereocenters. The van der Waals surface area contributed by atoms with E-state index in [1.54, 1.807) is 12.1 Å². The Hall–Kier alpha value is -3.18. The molecule has 0 radical (unpaired) electrons. The number of allylic oxidation sites excluding steroid dienone is 1. The molecule has 0 aliphatic carbocycles. The quantitative estimate of drug-likeness (QED) is 0.200. The number of carbonyl (C=O) groups excluding carboxylic acids is 1. The summed E-state index contributed by atoms with van der Waals surface area (Å²) in [4.78, 5) is 11.5. The van der Waals surface area contributed by atoms with E-state index in [4.69, 9.17) is 5.26 Å². The van der Waals surface area contributed by atoms with E-state index in [-0.39, 0.29) is 5.78 Å². The highest BCUT2D eigenvalue weighted by molar-refractivity contribution is 5.97. The van der Waals surface area contributed by atoms with Gasteiger partial charge in [0.2, 0.25) is 0 Å². The van der Waals surface area contributed by atoms with Crippen molar-refractivity contribution >= 4 is 22.1 Å². The van der Waals surface area contributed by atoms with Crippen LogP contribution in [0.2, 0.25) is 0 Å². The molecular weight excluding hydrogens is 462 g/mol. The van der Waals surface area contributed by atoms with Crippen molar-refractivity contribution in [3.63, 3.8) is 0 Å². The lowest BCUT2D eigenvalue weighted by molar-refractivity contribution is 0.101. The Morgan fingerprint density at radius 2 is 1.63 bits per heavy atom. The van der Waals surface area contributed by atoms with Gasteiger partial charge in [0.1, 0.15) is 0 Å². The zero-order valence-electron chi connectivity index (χ0n) is 25.2. The fraction of sp³-hybridized carbons (Fsp3) is 0.444. The molecule has 3 aromatic rings. The molecule has 38 heavy (non-hydrogen) atoms. The van der Waals surface area contributed by atoms with Crippen molar-refractivity contribution in [2.24, 2.45) is 5.92 Å². The van der Waals surface area contributed by atoms with Gasteiger partial charge in [-0.15, -0.1) is 0 Å². The Morgan fingerprint density at radius 1 is 0.947 bits per heavy atom. The summed E-state index contributed by atoms with van der Waals surface area (Å²) < 4.78 is 0. The van der Waals surface area contributed by atoms with Crippen LogP contribution in [-0.2, 0) is 6.42 Å². The maximum Gasteiger partial charge on any atom is 0.161 e. The van der Waals surface area contributed by atoms with Gasteiger partial charge < -0.3 is 0 Å². The largest absolute Gasteiger partial charge is 0.294 e. The topological polar surface area (TPSA) is 40.9 Å². The Morgan fingerprint density at radius 3 is 2.21 bits per heavy atom. The first-order valence-corrected chi connectivity index (χ1v) is 14.5. The van der Waals surface area contributed by atoms with Crippen LogP contribution in [-0.4, -0.2) is 5.78 Å². The Balaban J connectivity index is 0.000000359. The summed E-state index contributed by atoms with van der Waals surface area (Å²) >= 11 is 0. The van der Waals surface area contributed by atoms with Gasteiger partial charge in [0.05, 0.1) is 11.6 Å². The third-order valence-corrected chi connectivity index (χ3v) is 6.99. The molecule has 0 spiro atoms. The number of unbranched alkanes of at least 4 members (excludes halogenated alkanes) is 3. The summed E-state index contributed by atoms with van der Waals surface area (Å²) in [5.74, 6) is 0.892. The Labute approximate surface area is 232 Å². The number of nitriles is 1. The number of carbonyl (C=O) groups is 1. The number of rotatable bonds is 10. The van der Waals surface area contributed by atoms with Gasteiger partial charge in [-0.1, -0.05) is 117 Å². The average molecular weight is 512 g/mol. The van der Waals surface area contributed by atoms with Crippen molar-refractivity contribution < 1.29 is 4.79 Å². The summed E-state index contributed by atoms with van der Waals surface area (Å²) in [5.41, 5.74) is 5.89. The Bertz CT molecular complexity index is 1210. The molecule has 3 rings (SSSR count). The van der Waals surface area contributed by atoms with Gasteiger partial charge in [0.15, 0.2) is 5.78 Å². The van der Waals surface area contributed by atoms with Crippen molar-refractivity contribution in [3.05, 3.63) is 89.0 Å². The average Bonchev–Trinajstić information content (AvgIpc) is 2.95. The molecule has 0 N–H and O–H groups in total. The summed E-state index contributed by atoms with van der Waals surface area (Å²) in [6.07, 6.45) is 7.60. The lowest BCUT2D eigenvalue weighted by Gasteiger charge is -2.13. The molecular formula is C36H49NO. The minimum Gasteiger partial charge on any atom is -0.294 e. The van der Waals surface area contributed by atoms with E-state index in [0.717, 1.165) is 17.6 Å². The van der Waals surface area contributed by atoms with Crippen LogP contribution < -0.4 is 0 Å². The predicted molar refractivity (Wildman–Crippen MR) is 167 cm³/mol. The minimum absolute atomic E-state index is 0.0830. The van der Waals surface area contributed by atoms with Gasteiger partial charge >= 0.3 is 0 Å². The van der Waals surface area contributed by atoms with Gasteiger partial charge in [-0.2, -0.15) is 5.26 Å². The van der Waals surface area contributed by atoms with Gasteiger partial charge in [-0.3, -0.25) is 4.79 Å². The summed E-state index contributed by atoms with van der Waals surface area (Å²) in [6, 6.07) is 21.0. The van der Waals surface area contributed by atoms with E-state index >= 15 is 0 Å². The van der Waals surface area contributed by atoms with Gasteiger partial charge in [-0.05, 0) is 83.2 Å². The molecule has 0 aliphatic heterocycles. The Kier molecular flexibility index (Phi) is 15.0. The van der Waals surface area contributed by atoms with Crippen LogP contribution >= 0.6 is 0 Å². The number of nitrogens with zero attached hydrogens (tertiary/aromatic N) is 1. The van der Waals surface area contributed by atoms with Crippen molar-refractivity contribution in [3.8, 4) is 6.07 Å². The van der Waals surface area contributed by atoms with E-state index in [0.29, 0.717) is 23.0 Å². The molecule has 0 aromatic heterocycles. The molecule has 0 saturated heterocycles. The number of Topliss-reactive ketones (excluding diaryl/α,β-unsaturated/α-hetero) is 1. The highest BCUT2D eigenvalue weighted by Gasteiger charge is 2.12. The van der Waals surface area contributed by atoms with Crippen LogP contribution in [0.1, 0.15) is 126 Å². The standard InChI is InChI=1S/C19H26.C15H17NO.C2H6/c1-4-5-6-7-10-16-13-17-11-8-9-12-18(17)19(14-16)15(2)3;1-5-10(2)11(3)13-6-7-14(9-16)15(8-13)12(4)17;1-2/h8-9,11-15H,4-7,10H2,1-3H3;6-8,10H,3,5H2,1-2,4H3;1-2H3. The highest BCUT2D eigenvalue weighted by atomic mass is 16.1. The van der Waals surface area contributed by atoms with Crippen LogP contribution in [0.3, 0.4) is 0 Å². The van der Waals surface area contributed by atoms with Crippen LogP contribution in [0.4, 0.5) is 0 Å². The number of benzene rings is 3. The number of hydrogen-bond donors (Lipinski definition) is 0. The molecule has 0 amide bonds. The lowest BCUT2D eigenvalue weighted by Crippen LogP contribution is -2.01. The number of fused-ring (bicyclic) bond motifs is 1. The number of aryl methyl sites for hydroxylation is 1. The van der Waals surface area contributed by atoms with Crippen LogP contribution in [0.5, 0.6) is 0 Å². The van der Waals surface area contributed by atoms with Crippen molar-refractivity contribution in [1.29, 1.82) is 5.26 Å². The molecule has 2 nitrogen and oxygen atoms in total. The molecule has 0 heterocycles. The first-order valence-electron chi connectivity index (χ1n) is 14.5.